The Morgan fingerprint density at radius 1 is 0.947 bits per heavy atom. The lowest BCUT2D eigenvalue weighted by atomic mass is 9.86. The molecule has 0 saturated heterocycles. The van der Waals surface area contributed by atoms with Gasteiger partial charge < -0.3 is 5.32 Å². The van der Waals surface area contributed by atoms with Crippen LogP contribution in [0.3, 0.4) is 0 Å². The molecule has 0 aliphatic rings. The highest BCUT2D eigenvalue weighted by atomic mass is 14.9. The maximum atomic E-state index is 4.08. The summed E-state index contributed by atoms with van der Waals surface area (Å²) < 4.78 is 0. The zero-order valence-electron chi connectivity index (χ0n) is 12.0. The Hall–Kier alpha value is -1.74. The van der Waals surface area contributed by atoms with E-state index in [1.54, 1.807) is 6.33 Å². The van der Waals surface area contributed by atoms with Crippen molar-refractivity contribution in [1.29, 1.82) is 0 Å². The van der Waals surface area contributed by atoms with Crippen molar-refractivity contribution in [3.05, 3.63) is 59.7 Å². The van der Waals surface area contributed by atoms with Gasteiger partial charge in [-0.3, -0.25) is 0 Å². The molecule has 0 aliphatic heterocycles. The zero-order valence-corrected chi connectivity index (χ0v) is 12.0. The van der Waals surface area contributed by atoms with Gasteiger partial charge in [0.05, 0.1) is 6.04 Å². The lowest BCUT2D eigenvalue weighted by Gasteiger charge is -2.21. The first-order chi connectivity index (χ1) is 9.02. The predicted molar refractivity (Wildman–Crippen MR) is 78.1 cm³/mol. The minimum absolute atomic E-state index is 0.134. The van der Waals surface area contributed by atoms with Crippen LogP contribution in [0, 0.1) is 0 Å². The van der Waals surface area contributed by atoms with Crippen LogP contribution < -0.4 is 5.32 Å². The Morgan fingerprint density at radius 2 is 1.53 bits per heavy atom. The van der Waals surface area contributed by atoms with Gasteiger partial charge in [-0.25, -0.2) is 9.97 Å². The highest BCUT2D eigenvalue weighted by Crippen LogP contribution is 2.26. The van der Waals surface area contributed by atoms with Gasteiger partial charge in [0.2, 0.25) is 0 Å². The Labute approximate surface area is 115 Å². The molecule has 3 nitrogen and oxygen atoms in total. The number of benzene rings is 1. The number of hydrogen-bond donors (Lipinski definition) is 1. The molecule has 0 saturated carbocycles. The van der Waals surface area contributed by atoms with Gasteiger partial charge in [-0.2, -0.15) is 0 Å². The summed E-state index contributed by atoms with van der Waals surface area (Å²) in [5, 5.41) is 3.31. The van der Waals surface area contributed by atoms with E-state index in [1.807, 2.05) is 19.4 Å². The molecule has 0 spiro atoms. The average Bonchev–Trinajstić information content (AvgIpc) is 2.40. The van der Waals surface area contributed by atoms with Crippen molar-refractivity contribution in [2.24, 2.45) is 0 Å². The van der Waals surface area contributed by atoms with Crippen molar-refractivity contribution < 1.29 is 0 Å². The van der Waals surface area contributed by atoms with Crippen LogP contribution in [0.4, 0.5) is 0 Å². The lowest BCUT2D eigenvalue weighted by molar-refractivity contribution is 0.589. The summed E-state index contributed by atoms with van der Waals surface area (Å²) in [4.78, 5) is 8.17. The zero-order chi connectivity index (χ0) is 13.9. The standard InChI is InChI=1S/C16H21N3/c1-16(2,3)14-7-5-12(6-8-14)15(17-4)13-9-18-11-19-10-13/h5-11,15,17H,1-4H3. The van der Waals surface area contributed by atoms with E-state index in [2.05, 4.69) is 60.3 Å². The quantitative estimate of drug-likeness (QED) is 0.916. The van der Waals surface area contributed by atoms with Gasteiger partial charge in [0.15, 0.2) is 0 Å². The third-order valence-electron chi connectivity index (χ3n) is 3.31. The molecule has 1 unspecified atom stereocenters. The molecule has 2 rings (SSSR count). The summed E-state index contributed by atoms with van der Waals surface area (Å²) in [5.41, 5.74) is 3.83. The molecule has 100 valence electrons. The average molecular weight is 255 g/mol. The Morgan fingerprint density at radius 3 is 2.00 bits per heavy atom. The molecular formula is C16H21N3. The minimum atomic E-state index is 0.134. The third-order valence-corrected chi connectivity index (χ3v) is 3.31. The van der Waals surface area contributed by atoms with Crippen LogP contribution in [0.15, 0.2) is 43.0 Å². The maximum Gasteiger partial charge on any atom is 0.115 e. The first-order valence-electron chi connectivity index (χ1n) is 6.55. The van der Waals surface area contributed by atoms with Gasteiger partial charge in [0.1, 0.15) is 6.33 Å². The first-order valence-corrected chi connectivity index (χ1v) is 6.55. The van der Waals surface area contributed by atoms with E-state index in [9.17, 15) is 0 Å². The highest BCUT2D eigenvalue weighted by molar-refractivity contribution is 5.33. The van der Waals surface area contributed by atoms with E-state index in [4.69, 9.17) is 0 Å². The van der Waals surface area contributed by atoms with E-state index in [-0.39, 0.29) is 11.5 Å². The molecule has 0 fully saturated rings. The molecule has 19 heavy (non-hydrogen) atoms. The maximum absolute atomic E-state index is 4.08. The molecular weight excluding hydrogens is 234 g/mol. The molecule has 1 N–H and O–H groups in total. The van der Waals surface area contributed by atoms with Gasteiger partial charge >= 0.3 is 0 Å². The molecule has 1 atom stereocenters. The Balaban J connectivity index is 2.30. The van der Waals surface area contributed by atoms with Crippen molar-refractivity contribution in [2.75, 3.05) is 7.05 Å². The highest BCUT2D eigenvalue weighted by Gasteiger charge is 2.16. The lowest BCUT2D eigenvalue weighted by Crippen LogP contribution is -2.18. The van der Waals surface area contributed by atoms with Gasteiger partial charge in [0, 0.05) is 18.0 Å². The van der Waals surface area contributed by atoms with Crippen LogP contribution >= 0.6 is 0 Å². The summed E-state index contributed by atoms with van der Waals surface area (Å²) in [6.45, 7) is 6.67. The second-order valence-corrected chi connectivity index (χ2v) is 5.77. The smallest absolute Gasteiger partial charge is 0.115 e. The summed E-state index contributed by atoms with van der Waals surface area (Å²) in [7, 11) is 1.95. The van der Waals surface area contributed by atoms with Crippen molar-refractivity contribution in [3.8, 4) is 0 Å². The van der Waals surface area contributed by atoms with Gasteiger partial charge in [-0.15, -0.1) is 0 Å². The fourth-order valence-electron chi connectivity index (χ4n) is 2.16. The first kappa shape index (κ1) is 13.7. The monoisotopic (exact) mass is 255 g/mol. The molecule has 0 amide bonds. The minimum Gasteiger partial charge on any atom is -0.309 e. The molecule has 1 aromatic heterocycles. The Kier molecular flexibility index (Phi) is 3.96. The number of nitrogens with one attached hydrogen (secondary N) is 1. The third kappa shape index (κ3) is 3.18. The van der Waals surface area contributed by atoms with Gasteiger partial charge in [-0.05, 0) is 23.6 Å². The molecule has 2 aromatic rings. The van der Waals surface area contributed by atoms with Crippen LogP contribution in [-0.4, -0.2) is 17.0 Å². The predicted octanol–water partition coefficient (Wildman–Crippen LogP) is 3.08. The van der Waals surface area contributed by atoms with E-state index in [1.165, 1.54) is 11.1 Å². The van der Waals surface area contributed by atoms with Crippen molar-refractivity contribution in [3.63, 3.8) is 0 Å². The van der Waals surface area contributed by atoms with Crippen molar-refractivity contribution in [1.82, 2.24) is 15.3 Å². The summed E-state index contributed by atoms with van der Waals surface area (Å²) in [6, 6.07) is 8.88. The molecule has 0 bridgehead atoms. The van der Waals surface area contributed by atoms with Crippen LogP contribution in [0.25, 0.3) is 0 Å². The van der Waals surface area contributed by atoms with Crippen LogP contribution in [0.1, 0.15) is 43.5 Å². The number of nitrogens with zero attached hydrogens (tertiary/aromatic N) is 2. The fraction of sp³-hybridized carbons (Fsp3) is 0.375. The van der Waals surface area contributed by atoms with E-state index in [0.717, 1.165) is 5.56 Å². The van der Waals surface area contributed by atoms with Crippen LogP contribution in [0.2, 0.25) is 0 Å². The van der Waals surface area contributed by atoms with Gasteiger partial charge in [0.25, 0.3) is 0 Å². The topological polar surface area (TPSA) is 37.8 Å². The second-order valence-electron chi connectivity index (χ2n) is 5.77. The van der Waals surface area contributed by atoms with E-state index in [0.29, 0.717) is 0 Å². The molecule has 1 aromatic carbocycles. The molecule has 0 radical (unpaired) electrons. The Bertz CT molecular complexity index is 512. The van der Waals surface area contributed by atoms with Crippen molar-refractivity contribution >= 4 is 0 Å². The fourth-order valence-corrected chi connectivity index (χ4v) is 2.16. The van der Waals surface area contributed by atoms with Gasteiger partial charge in [-0.1, -0.05) is 45.0 Å². The van der Waals surface area contributed by atoms with Crippen LogP contribution in [0.5, 0.6) is 0 Å². The molecule has 1 heterocycles. The molecule has 0 aliphatic carbocycles. The van der Waals surface area contributed by atoms with Crippen LogP contribution in [-0.2, 0) is 5.41 Å². The molecule has 3 heteroatoms. The largest absolute Gasteiger partial charge is 0.309 e. The van der Waals surface area contributed by atoms with E-state index >= 15 is 0 Å². The summed E-state index contributed by atoms with van der Waals surface area (Å²) >= 11 is 0. The summed E-state index contributed by atoms with van der Waals surface area (Å²) in [6.07, 6.45) is 5.26. The number of aromatic nitrogens is 2. The summed E-state index contributed by atoms with van der Waals surface area (Å²) in [5.74, 6) is 0. The number of hydrogen-bond acceptors (Lipinski definition) is 3. The van der Waals surface area contributed by atoms with E-state index < -0.39 is 0 Å². The second kappa shape index (κ2) is 5.49. The van der Waals surface area contributed by atoms with Crippen molar-refractivity contribution in [2.45, 2.75) is 32.2 Å². The number of rotatable bonds is 3. The SMILES string of the molecule is CNC(c1ccc(C(C)(C)C)cc1)c1cncnc1. The normalized spacial score (nSPS) is 13.3.